The van der Waals surface area contributed by atoms with Crippen molar-refractivity contribution in [3.63, 3.8) is 0 Å². The van der Waals surface area contributed by atoms with Gasteiger partial charge in [0.15, 0.2) is 5.16 Å². The zero-order valence-electron chi connectivity index (χ0n) is 12.7. The van der Waals surface area contributed by atoms with Gasteiger partial charge in [-0.15, -0.1) is 10.2 Å². The number of carbonyl (C=O) groups excluding carboxylic acids is 2. The topological polar surface area (TPSA) is 80.1 Å². The van der Waals surface area contributed by atoms with E-state index in [1.807, 2.05) is 31.3 Å². The van der Waals surface area contributed by atoms with Crippen LogP contribution in [-0.2, 0) is 16.6 Å². The first-order valence-electron chi connectivity index (χ1n) is 7.31. The summed E-state index contributed by atoms with van der Waals surface area (Å²) in [5.41, 5.74) is 1.42. The highest BCUT2D eigenvalue weighted by Crippen LogP contribution is 2.29. The maximum absolute atomic E-state index is 12.2. The molecule has 0 aliphatic carbocycles. The summed E-state index contributed by atoms with van der Waals surface area (Å²) < 4.78 is 1.76. The standard InChI is InChI=1S/C15H17N5O2S/c1-19-10-16-18-15(19)23-9-13(21)17-11-5-2-3-6-12(11)20-8-4-7-14(20)22/h2-3,5-6,10H,4,7-9H2,1H3,(H,17,21). The maximum Gasteiger partial charge on any atom is 0.234 e. The lowest BCUT2D eigenvalue weighted by Gasteiger charge is -2.19. The summed E-state index contributed by atoms with van der Waals surface area (Å²) in [6.07, 6.45) is 3.00. The highest BCUT2D eigenvalue weighted by Gasteiger charge is 2.24. The Morgan fingerprint density at radius 2 is 2.22 bits per heavy atom. The van der Waals surface area contributed by atoms with E-state index in [4.69, 9.17) is 0 Å². The molecule has 1 fully saturated rings. The van der Waals surface area contributed by atoms with Crippen LogP contribution in [0, 0.1) is 0 Å². The Hall–Kier alpha value is -2.35. The number of aromatic nitrogens is 3. The van der Waals surface area contributed by atoms with Crippen molar-refractivity contribution in [3.8, 4) is 0 Å². The summed E-state index contributed by atoms with van der Waals surface area (Å²) in [7, 11) is 1.83. The molecule has 1 aromatic carbocycles. The molecule has 2 aromatic rings. The molecule has 0 unspecified atom stereocenters. The van der Waals surface area contributed by atoms with Crippen LogP contribution in [0.25, 0.3) is 0 Å². The third-order valence-electron chi connectivity index (χ3n) is 3.54. The molecule has 23 heavy (non-hydrogen) atoms. The molecule has 0 spiro atoms. The van der Waals surface area contributed by atoms with Gasteiger partial charge in [-0.2, -0.15) is 0 Å². The van der Waals surface area contributed by atoms with E-state index in [0.29, 0.717) is 23.8 Å². The Morgan fingerprint density at radius 1 is 1.39 bits per heavy atom. The predicted octanol–water partition coefficient (Wildman–Crippen LogP) is 1.67. The fourth-order valence-electron chi connectivity index (χ4n) is 2.44. The number of hydrogen-bond donors (Lipinski definition) is 1. The lowest BCUT2D eigenvalue weighted by molar-refractivity contribution is -0.117. The van der Waals surface area contributed by atoms with Crippen molar-refractivity contribution >= 4 is 35.0 Å². The average molecular weight is 331 g/mol. The van der Waals surface area contributed by atoms with Gasteiger partial charge in [0.05, 0.1) is 17.1 Å². The first-order chi connectivity index (χ1) is 11.1. The Bertz CT molecular complexity index is 730. The summed E-state index contributed by atoms with van der Waals surface area (Å²) in [6, 6.07) is 7.38. The fraction of sp³-hybridized carbons (Fsp3) is 0.333. The monoisotopic (exact) mass is 331 g/mol. The van der Waals surface area contributed by atoms with Gasteiger partial charge >= 0.3 is 0 Å². The van der Waals surface area contributed by atoms with Crippen molar-refractivity contribution in [2.75, 3.05) is 22.5 Å². The van der Waals surface area contributed by atoms with Gasteiger partial charge in [0.1, 0.15) is 6.33 Å². The number of para-hydroxylation sites is 2. The first-order valence-corrected chi connectivity index (χ1v) is 8.30. The minimum atomic E-state index is -0.142. The summed E-state index contributed by atoms with van der Waals surface area (Å²) in [4.78, 5) is 25.8. The van der Waals surface area contributed by atoms with E-state index in [-0.39, 0.29) is 17.6 Å². The van der Waals surface area contributed by atoms with Crippen LogP contribution in [0.1, 0.15) is 12.8 Å². The lowest BCUT2D eigenvalue weighted by atomic mass is 10.2. The number of aryl methyl sites for hydroxylation is 1. The molecule has 0 atom stereocenters. The Balaban J connectivity index is 1.66. The molecular formula is C15H17N5O2S. The van der Waals surface area contributed by atoms with Crippen LogP contribution in [0.2, 0.25) is 0 Å². The highest BCUT2D eigenvalue weighted by atomic mass is 32.2. The van der Waals surface area contributed by atoms with Crippen molar-refractivity contribution in [3.05, 3.63) is 30.6 Å². The van der Waals surface area contributed by atoms with Gasteiger partial charge in [-0.3, -0.25) is 9.59 Å². The van der Waals surface area contributed by atoms with Crippen LogP contribution in [0.3, 0.4) is 0 Å². The number of thioether (sulfide) groups is 1. The Labute approximate surface area is 138 Å². The number of hydrogen-bond acceptors (Lipinski definition) is 5. The molecule has 1 aliphatic heterocycles. The molecular weight excluding hydrogens is 314 g/mol. The van der Waals surface area contributed by atoms with Gasteiger partial charge in [0, 0.05) is 20.0 Å². The third-order valence-corrected chi connectivity index (χ3v) is 4.58. The zero-order chi connectivity index (χ0) is 16.2. The second-order valence-corrected chi connectivity index (χ2v) is 6.17. The van der Waals surface area contributed by atoms with E-state index >= 15 is 0 Å². The maximum atomic E-state index is 12.2. The molecule has 3 rings (SSSR count). The van der Waals surface area contributed by atoms with Gasteiger partial charge in [-0.05, 0) is 18.6 Å². The number of nitrogens with one attached hydrogen (secondary N) is 1. The lowest BCUT2D eigenvalue weighted by Crippen LogP contribution is -2.26. The van der Waals surface area contributed by atoms with Crippen molar-refractivity contribution in [1.82, 2.24) is 14.8 Å². The molecule has 7 nitrogen and oxygen atoms in total. The van der Waals surface area contributed by atoms with Gasteiger partial charge < -0.3 is 14.8 Å². The second-order valence-electron chi connectivity index (χ2n) is 5.23. The average Bonchev–Trinajstić information content (AvgIpc) is 3.14. The number of benzene rings is 1. The minimum Gasteiger partial charge on any atom is -0.324 e. The third kappa shape index (κ3) is 3.53. The van der Waals surface area contributed by atoms with Crippen molar-refractivity contribution < 1.29 is 9.59 Å². The van der Waals surface area contributed by atoms with Gasteiger partial charge in [0.2, 0.25) is 11.8 Å². The van der Waals surface area contributed by atoms with Crippen LogP contribution in [0.15, 0.2) is 35.7 Å². The zero-order valence-corrected chi connectivity index (χ0v) is 13.5. The molecule has 1 aromatic heterocycles. The van der Waals surface area contributed by atoms with Gasteiger partial charge in [0.25, 0.3) is 0 Å². The molecule has 1 aliphatic rings. The molecule has 2 heterocycles. The second kappa shape index (κ2) is 6.82. The number of anilines is 2. The van der Waals surface area contributed by atoms with Crippen molar-refractivity contribution in [1.29, 1.82) is 0 Å². The van der Waals surface area contributed by atoms with E-state index in [9.17, 15) is 9.59 Å². The fourth-order valence-corrected chi connectivity index (χ4v) is 3.13. The van der Waals surface area contributed by atoms with Crippen LogP contribution in [0.5, 0.6) is 0 Å². The number of nitrogens with zero attached hydrogens (tertiary/aromatic N) is 4. The first kappa shape index (κ1) is 15.5. The summed E-state index contributed by atoms with van der Waals surface area (Å²) >= 11 is 1.32. The molecule has 0 bridgehead atoms. The number of amides is 2. The Kier molecular flexibility index (Phi) is 4.61. The molecule has 8 heteroatoms. The highest BCUT2D eigenvalue weighted by molar-refractivity contribution is 7.99. The van der Waals surface area contributed by atoms with Crippen LogP contribution < -0.4 is 10.2 Å². The largest absolute Gasteiger partial charge is 0.324 e. The van der Waals surface area contributed by atoms with E-state index in [0.717, 1.165) is 12.1 Å². The molecule has 1 saturated heterocycles. The SMILES string of the molecule is Cn1cnnc1SCC(=O)Nc1ccccc1N1CCCC1=O. The van der Waals surface area contributed by atoms with Gasteiger partial charge in [-0.1, -0.05) is 23.9 Å². The summed E-state index contributed by atoms with van der Waals surface area (Å²) in [5.74, 6) is 0.187. The molecule has 0 radical (unpaired) electrons. The smallest absolute Gasteiger partial charge is 0.234 e. The normalized spacial score (nSPS) is 14.3. The Morgan fingerprint density at radius 3 is 2.91 bits per heavy atom. The number of carbonyl (C=O) groups is 2. The van der Waals surface area contributed by atoms with Crippen LogP contribution in [-0.4, -0.2) is 38.9 Å². The molecule has 2 amide bonds. The van der Waals surface area contributed by atoms with E-state index in [2.05, 4.69) is 15.5 Å². The van der Waals surface area contributed by atoms with Gasteiger partial charge in [-0.25, -0.2) is 0 Å². The van der Waals surface area contributed by atoms with E-state index in [1.54, 1.807) is 15.8 Å². The van der Waals surface area contributed by atoms with E-state index < -0.39 is 0 Å². The van der Waals surface area contributed by atoms with Crippen molar-refractivity contribution in [2.45, 2.75) is 18.0 Å². The van der Waals surface area contributed by atoms with Crippen LogP contribution in [0.4, 0.5) is 11.4 Å². The quantitative estimate of drug-likeness (QED) is 0.843. The van der Waals surface area contributed by atoms with Crippen molar-refractivity contribution in [2.24, 2.45) is 7.05 Å². The molecule has 0 saturated carbocycles. The summed E-state index contributed by atoms with van der Waals surface area (Å²) in [5, 5.41) is 11.3. The molecule has 1 N–H and O–H groups in total. The summed E-state index contributed by atoms with van der Waals surface area (Å²) in [6.45, 7) is 0.694. The molecule has 120 valence electrons. The predicted molar refractivity (Wildman–Crippen MR) is 88.4 cm³/mol. The van der Waals surface area contributed by atoms with E-state index in [1.165, 1.54) is 11.8 Å². The number of rotatable bonds is 5. The van der Waals surface area contributed by atoms with Crippen LogP contribution >= 0.6 is 11.8 Å². The minimum absolute atomic E-state index is 0.0974.